The van der Waals surface area contributed by atoms with Crippen LogP contribution in [0.15, 0.2) is 16.9 Å². The Bertz CT molecular complexity index is 434. The van der Waals surface area contributed by atoms with Crippen molar-refractivity contribution < 1.29 is 9.53 Å². The Kier molecular flexibility index (Phi) is 3.29. The standard InChI is InChI=1S/C11H15NO3/c1-7-5-8(2)12(11(14)6-7)9(3)15-10(4)13/h5-6,9H,1-4H3. The van der Waals surface area contributed by atoms with Gasteiger partial charge in [-0.15, -0.1) is 0 Å². The molecule has 0 bridgehead atoms. The Hall–Kier alpha value is -1.58. The van der Waals surface area contributed by atoms with E-state index in [4.69, 9.17) is 4.74 Å². The molecule has 1 aromatic rings. The van der Waals surface area contributed by atoms with Crippen LogP contribution in [0.25, 0.3) is 0 Å². The molecule has 1 unspecified atom stereocenters. The van der Waals surface area contributed by atoms with Crippen LogP contribution in [0.2, 0.25) is 0 Å². The van der Waals surface area contributed by atoms with Crippen molar-refractivity contribution in [3.8, 4) is 0 Å². The van der Waals surface area contributed by atoms with Crippen molar-refractivity contribution in [2.75, 3.05) is 0 Å². The molecule has 0 radical (unpaired) electrons. The molecule has 4 heteroatoms. The minimum Gasteiger partial charge on any atom is -0.442 e. The lowest BCUT2D eigenvalue weighted by Crippen LogP contribution is -2.27. The molecular formula is C11H15NO3. The predicted molar refractivity (Wildman–Crippen MR) is 56.7 cm³/mol. The first kappa shape index (κ1) is 11.5. The molecule has 0 spiro atoms. The van der Waals surface area contributed by atoms with Gasteiger partial charge in [0.1, 0.15) is 0 Å². The number of esters is 1. The summed E-state index contributed by atoms with van der Waals surface area (Å²) >= 11 is 0. The minimum absolute atomic E-state index is 0.152. The maximum atomic E-state index is 11.7. The normalized spacial score (nSPS) is 12.3. The van der Waals surface area contributed by atoms with Gasteiger partial charge in [-0.1, -0.05) is 0 Å². The smallest absolute Gasteiger partial charge is 0.304 e. The third-order valence-electron chi connectivity index (χ3n) is 2.11. The summed E-state index contributed by atoms with van der Waals surface area (Å²) in [4.78, 5) is 22.4. The van der Waals surface area contributed by atoms with E-state index >= 15 is 0 Å². The first-order chi connectivity index (χ1) is 6.91. The molecule has 1 heterocycles. The van der Waals surface area contributed by atoms with E-state index in [1.807, 2.05) is 19.9 Å². The van der Waals surface area contributed by atoms with Crippen molar-refractivity contribution in [3.63, 3.8) is 0 Å². The van der Waals surface area contributed by atoms with Gasteiger partial charge in [-0.2, -0.15) is 0 Å². The number of ether oxygens (including phenoxy) is 1. The van der Waals surface area contributed by atoms with Gasteiger partial charge < -0.3 is 4.74 Å². The molecule has 1 atom stereocenters. The van der Waals surface area contributed by atoms with Gasteiger partial charge in [0, 0.05) is 18.7 Å². The van der Waals surface area contributed by atoms with E-state index in [2.05, 4.69) is 0 Å². The number of aryl methyl sites for hydroxylation is 2. The molecule has 82 valence electrons. The number of rotatable bonds is 2. The van der Waals surface area contributed by atoms with Crippen molar-refractivity contribution in [3.05, 3.63) is 33.7 Å². The molecule has 0 saturated carbocycles. The van der Waals surface area contributed by atoms with Gasteiger partial charge in [-0.25, -0.2) is 0 Å². The Morgan fingerprint density at radius 3 is 2.47 bits per heavy atom. The summed E-state index contributed by atoms with van der Waals surface area (Å²) in [6.45, 7) is 6.67. The zero-order chi connectivity index (χ0) is 11.6. The van der Waals surface area contributed by atoms with Gasteiger partial charge in [0.25, 0.3) is 5.56 Å². The fourth-order valence-electron chi connectivity index (χ4n) is 1.64. The highest BCUT2D eigenvalue weighted by atomic mass is 16.6. The van der Waals surface area contributed by atoms with E-state index in [1.165, 1.54) is 17.6 Å². The fraction of sp³-hybridized carbons (Fsp3) is 0.455. The summed E-state index contributed by atoms with van der Waals surface area (Å²) in [5.41, 5.74) is 1.54. The molecule has 0 aliphatic rings. The maximum absolute atomic E-state index is 11.7. The number of pyridine rings is 1. The highest BCUT2D eigenvalue weighted by Gasteiger charge is 2.11. The summed E-state index contributed by atoms with van der Waals surface area (Å²) in [6.07, 6.45) is -0.560. The van der Waals surface area contributed by atoms with Crippen LogP contribution in [-0.4, -0.2) is 10.5 Å². The zero-order valence-corrected chi connectivity index (χ0v) is 9.40. The lowest BCUT2D eigenvalue weighted by Gasteiger charge is -2.17. The SMILES string of the molecule is CC(=O)OC(C)n1c(C)cc(C)cc1=O. The number of hydrogen-bond donors (Lipinski definition) is 0. The monoisotopic (exact) mass is 209 g/mol. The molecule has 1 aromatic heterocycles. The molecule has 0 aliphatic heterocycles. The zero-order valence-electron chi connectivity index (χ0n) is 9.40. The average molecular weight is 209 g/mol. The van der Waals surface area contributed by atoms with Crippen LogP contribution in [0.5, 0.6) is 0 Å². The lowest BCUT2D eigenvalue weighted by atomic mass is 10.2. The second-order valence-corrected chi connectivity index (χ2v) is 3.59. The largest absolute Gasteiger partial charge is 0.442 e. The first-order valence-corrected chi connectivity index (χ1v) is 4.79. The summed E-state index contributed by atoms with van der Waals surface area (Å²) in [5.74, 6) is -0.394. The molecule has 0 aromatic carbocycles. The second kappa shape index (κ2) is 4.29. The molecule has 1 rings (SSSR count). The number of carbonyl (C=O) groups is 1. The maximum Gasteiger partial charge on any atom is 0.304 e. The molecule has 0 aliphatic carbocycles. The number of aromatic nitrogens is 1. The van der Waals surface area contributed by atoms with E-state index in [9.17, 15) is 9.59 Å². The second-order valence-electron chi connectivity index (χ2n) is 3.59. The number of nitrogens with zero attached hydrogens (tertiary/aromatic N) is 1. The summed E-state index contributed by atoms with van der Waals surface area (Å²) < 4.78 is 6.41. The molecule has 0 N–H and O–H groups in total. The fourth-order valence-corrected chi connectivity index (χ4v) is 1.64. The van der Waals surface area contributed by atoms with Crippen LogP contribution in [-0.2, 0) is 9.53 Å². The topological polar surface area (TPSA) is 48.3 Å². The van der Waals surface area contributed by atoms with Crippen molar-refractivity contribution in [2.45, 2.75) is 33.9 Å². The molecule has 4 nitrogen and oxygen atoms in total. The Morgan fingerprint density at radius 1 is 1.40 bits per heavy atom. The van der Waals surface area contributed by atoms with Gasteiger partial charge in [0.05, 0.1) is 0 Å². The average Bonchev–Trinajstić information content (AvgIpc) is 1.99. The van der Waals surface area contributed by atoms with Crippen LogP contribution < -0.4 is 5.56 Å². The van der Waals surface area contributed by atoms with Gasteiger partial charge >= 0.3 is 5.97 Å². The van der Waals surface area contributed by atoms with Crippen LogP contribution in [0, 0.1) is 13.8 Å². The van der Waals surface area contributed by atoms with Crippen molar-refractivity contribution in [1.29, 1.82) is 0 Å². The molecular weight excluding hydrogens is 194 g/mol. The van der Waals surface area contributed by atoms with Gasteiger partial charge in [0.15, 0.2) is 6.23 Å². The van der Waals surface area contributed by atoms with Crippen molar-refractivity contribution in [1.82, 2.24) is 4.57 Å². The Morgan fingerprint density at radius 2 is 2.00 bits per heavy atom. The quantitative estimate of drug-likeness (QED) is 0.694. The lowest BCUT2D eigenvalue weighted by molar-refractivity contribution is -0.149. The third kappa shape index (κ3) is 2.68. The van der Waals surface area contributed by atoms with E-state index in [0.29, 0.717) is 0 Å². The predicted octanol–water partition coefficient (Wildman–Crippen LogP) is 1.55. The van der Waals surface area contributed by atoms with Crippen LogP contribution in [0.1, 0.15) is 31.3 Å². The van der Waals surface area contributed by atoms with Gasteiger partial charge in [-0.3, -0.25) is 14.2 Å². The highest BCUT2D eigenvalue weighted by molar-refractivity contribution is 5.65. The number of hydrogen-bond acceptors (Lipinski definition) is 3. The molecule has 0 saturated heterocycles. The minimum atomic E-state index is -0.560. The third-order valence-corrected chi connectivity index (χ3v) is 2.11. The van der Waals surface area contributed by atoms with Crippen molar-refractivity contribution >= 4 is 5.97 Å². The van der Waals surface area contributed by atoms with Crippen molar-refractivity contribution in [2.24, 2.45) is 0 Å². The summed E-state index contributed by atoms with van der Waals surface area (Å²) in [6, 6.07) is 3.40. The van der Waals surface area contributed by atoms with Gasteiger partial charge in [0.2, 0.25) is 0 Å². The molecule has 0 amide bonds. The summed E-state index contributed by atoms with van der Waals surface area (Å²) in [5, 5.41) is 0. The van der Waals surface area contributed by atoms with E-state index < -0.39 is 12.2 Å². The first-order valence-electron chi connectivity index (χ1n) is 4.79. The van der Waals surface area contributed by atoms with Crippen LogP contribution in [0.4, 0.5) is 0 Å². The van der Waals surface area contributed by atoms with Gasteiger partial charge in [-0.05, 0) is 32.4 Å². The highest BCUT2D eigenvalue weighted by Crippen LogP contribution is 2.09. The van der Waals surface area contributed by atoms with Crippen LogP contribution >= 0.6 is 0 Å². The van der Waals surface area contributed by atoms with E-state index in [1.54, 1.807) is 6.92 Å². The summed E-state index contributed by atoms with van der Waals surface area (Å²) in [7, 11) is 0. The van der Waals surface area contributed by atoms with E-state index in [-0.39, 0.29) is 5.56 Å². The number of carbonyl (C=O) groups excluding carboxylic acids is 1. The Balaban J connectivity index is 3.14. The molecule has 0 fully saturated rings. The Labute approximate surface area is 88.5 Å². The van der Waals surface area contributed by atoms with Crippen LogP contribution in [0.3, 0.4) is 0 Å². The molecule has 15 heavy (non-hydrogen) atoms. The van der Waals surface area contributed by atoms with E-state index in [0.717, 1.165) is 11.3 Å².